The van der Waals surface area contributed by atoms with E-state index in [2.05, 4.69) is 29.1 Å². The molecule has 5 nitrogen and oxygen atoms in total. The van der Waals surface area contributed by atoms with Crippen molar-refractivity contribution in [1.82, 2.24) is 14.9 Å². The molecular formula is C9H16N4OS. The summed E-state index contributed by atoms with van der Waals surface area (Å²) in [5.41, 5.74) is 0. The van der Waals surface area contributed by atoms with E-state index in [4.69, 9.17) is 17.0 Å². The zero-order valence-electron chi connectivity index (χ0n) is 9.06. The van der Waals surface area contributed by atoms with E-state index in [9.17, 15) is 0 Å². The van der Waals surface area contributed by atoms with Crippen molar-refractivity contribution >= 4 is 12.2 Å². The molecule has 15 heavy (non-hydrogen) atoms. The van der Waals surface area contributed by atoms with Gasteiger partial charge in [-0.1, -0.05) is 13.8 Å². The van der Waals surface area contributed by atoms with Gasteiger partial charge < -0.3 is 9.75 Å². The van der Waals surface area contributed by atoms with E-state index in [1.165, 1.54) is 0 Å². The Morgan fingerprint density at radius 2 is 2.07 bits per heavy atom. The molecule has 2 heterocycles. The highest BCUT2D eigenvalue weighted by Crippen LogP contribution is 2.12. The van der Waals surface area contributed by atoms with E-state index in [-0.39, 0.29) is 0 Å². The first-order valence-corrected chi connectivity index (χ1v) is 5.61. The summed E-state index contributed by atoms with van der Waals surface area (Å²) in [6, 6.07) is 0. The maximum Gasteiger partial charge on any atom is 0.214 e. The number of nitrogens with zero attached hydrogens (tertiary/aromatic N) is 3. The lowest BCUT2D eigenvalue weighted by atomic mass is 10.2. The summed E-state index contributed by atoms with van der Waals surface area (Å²) < 4.78 is 7.99. The molecule has 0 amide bonds. The van der Waals surface area contributed by atoms with Crippen molar-refractivity contribution in [1.29, 1.82) is 0 Å². The van der Waals surface area contributed by atoms with Gasteiger partial charge in [0, 0.05) is 5.92 Å². The van der Waals surface area contributed by atoms with Crippen molar-refractivity contribution in [2.24, 2.45) is 0 Å². The molecule has 1 aromatic rings. The highest BCUT2D eigenvalue weighted by molar-refractivity contribution is 7.71. The zero-order chi connectivity index (χ0) is 10.8. The Labute approximate surface area is 94.0 Å². The Bertz CT molecular complexity index is 378. The van der Waals surface area contributed by atoms with Crippen LogP contribution in [0.4, 0.5) is 0 Å². The summed E-state index contributed by atoms with van der Waals surface area (Å²) in [4.78, 5) is 0. The van der Waals surface area contributed by atoms with E-state index in [1.54, 1.807) is 0 Å². The predicted octanol–water partition coefficient (Wildman–Crippen LogP) is 1.03. The summed E-state index contributed by atoms with van der Waals surface area (Å²) in [5, 5.41) is 9.29. The lowest BCUT2D eigenvalue weighted by Gasteiger charge is -2.30. The van der Waals surface area contributed by atoms with Gasteiger partial charge >= 0.3 is 0 Å². The van der Waals surface area contributed by atoms with E-state index in [0.29, 0.717) is 10.7 Å². The van der Waals surface area contributed by atoms with Gasteiger partial charge in [-0.05, 0) is 12.2 Å². The molecule has 0 aromatic carbocycles. The van der Waals surface area contributed by atoms with Crippen LogP contribution in [0.25, 0.3) is 0 Å². The first-order chi connectivity index (χ1) is 7.20. The maximum atomic E-state index is 5.32. The van der Waals surface area contributed by atoms with Crippen molar-refractivity contribution in [3.05, 3.63) is 10.6 Å². The van der Waals surface area contributed by atoms with Gasteiger partial charge in [-0.2, -0.15) is 5.10 Å². The molecule has 1 N–H and O–H groups in total. The molecule has 1 aliphatic rings. The van der Waals surface area contributed by atoms with Crippen molar-refractivity contribution in [3.8, 4) is 0 Å². The number of aromatic nitrogens is 3. The van der Waals surface area contributed by atoms with Crippen LogP contribution in [0.3, 0.4) is 0 Å². The smallest absolute Gasteiger partial charge is 0.214 e. The third-order valence-electron chi connectivity index (χ3n) is 2.46. The Hall–Kier alpha value is -0.880. The zero-order valence-corrected chi connectivity index (χ0v) is 9.88. The van der Waals surface area contributed by atoms with E-state index >= 15 is 0 Å². The SMILES string of the molecule is CC(C)c1n[nH]c(=S)n1N1CCOCC1. The standard InChI is InChI=1S/C9H16N4OS/c1-7(2)8-10-11-9(15)13(8)12-3-5-14-6-4-12/h7H,3-6H2,1-2H3,(H,11,15). The van der Waals surface area contributed by atoms with Crippen LogP contribution in [0.15, 0.2) is 0 Å². The first-order valence-electron chi connectivity index (χ1n) is 5.20. The molecule has 0 atom stereocenters. The number of hydrogen-bond donors (Lipinski definition) is 1. The summed E-state index contributed by atoms with van der Waals surface area (Å²) >= 11 is 5.24. The van der Waals surface area contributed by atoms with Gasteiger partial charge in [0.05, 0.1) is 26.3 Å². The van der Waals surface area contributed by atoms with Gasteiger partial charge in [-0.3, -0.25) is 5.10 Å². The number of hydrogen-bond acceptors (Lipinski definition) is 4. The second-order valence-electron chi connectivity index (χ2n) is 3.92. The average molecular weight is 228 g/mol. The fourth-order valence-electron chi connectivity index (χ4n) is 1.70. The number of morpholine rings is 1. The molecule has 1 saturated heterocycles. The minimum absolute atomic E-state index is 0.362. The molecule has 0 aliphatic carbocycles. The fraction of sp³-hybridized carbons (Fsp3) is 0.778. The van der Waals surface area contributed by atoms with Crippen LogP contribution in [0.5, 0.6) is 0 Å². The van der Waals surface area contributed by atoms with Gasteiger partial charge in [0.1, 0.15) is 0 Å². The molecule has 0 unspecified atom stereocenters. The lowest BCUT2D eigenvalue weighted by Crippen LogP contribution is -2.45. The average Bonchev–Trinajstić information content (AvgIpc) is 2.61. The topological polar surface area (TPSA) is 46.1 Å². The van der Waals surface area contributed by atoms with E-state index < -0.39 is 0 Å². The quantitative estimate of drug-likeness (QED) is 0.768. The monoisotopic (exact) mass is 228 g/mol. The molecule has 0 spiro atoms. The van der Waals surface area contributed by atoms with Crippen LogP contribution in [-0.4, -0.2) is 41.2 Å². The maximum absolute atomic E-state index is 5.32. The summed E-state index contributed by atoms with van der Waals surface area (Å²) in [6.07, 6.45) is 0. The van der Waals surface area contributed by atoms with Crippen molar-refractivity contribution in [2.45, 2.75) is 19.8 Å². The van der Waals surface area contributed by atoms with Crippen LogP contribution in [-0.2, 0) is 4.74 Å². The second-order valence-corrected chi connectivity index (χ2v) is 4.31. The predicted molar refractivity (Wildman–Crippen MR) is 60.3 cm³/mol. The van der Waals surface area contributed by atoms with Crippen LogP contribution in [0, 0.1) is 4.77 Å². The van der Waals surface area contributed by atoms with Crippen molar-refractivity contribution in [2.75, 3.05) is 31.3 Å². The first kappa shape index (κ1) is 10.6. The molecule has 84 valence electrons. The molecular weight excluding hydrogens is 212 g/mol. The number of H-pyrrole nitrogens is 1. The molecule has 0 bridgehead atoms. The van der Waals surface area contributed by atoms with E-state index in [0.717, 1.165) is 32.1 Å². The summed E-state index contributed by atoms with van der Waals surface area (Å²) in [5.74, 6) is 1.35. The van der Waals surface area contributed by atoms with Crippen LogP contribution < -0.4 is 5.01 Å². The number of nitrogens with one attached hydrogen (secondary N) is 1. The number of aromatic amines is 1. The molecule has 0 radical (unpaired) electrons. The van der Waals surface area contributed by atoms with Crippen molar-refractivity contribution in [3.63, 3.8) is 0 Å². The summed E-state index contributed by atoms with van der Waals surface area (Å²) in [7, 11) is 0. The molecule has 1 aromatic heterocycles. The van der Waals surface area contributed by atoms with Gasteiger partial charge in [-0.15, -0.1) is 0 Å². The Morgan fingerprint density at radius 1 is 1.40 bits per heavy atom. The van der Waals surface area contributed by atoms with Gasteiger partial charge in [0.15, 0.2) is 5.82 Å². The highest BCUT2D eigenvalue weighted by Gasteiger charge is 2.17. The van der Waals surface area contributed by atoms with Gasteiger partial charge in [0.25, 0.3) is 0 Å². The molecule has 0 saturated carbocycles. The fourth-order valence-corrected chi connectivity index (χ4v) is 1.96. The Balaban J connectivity index is 2.32. The van der Waals surface area contributed by atoms with Crippen LogP contribution in [0.1, 0.15) is 25.6 Å². The van der Waals surface area contributed by atoms with Crippen LogP contribution >= 0.6 is 12.2 Å². The van der Waals surface area contributed by atoms with Gasteiger partial charge in [-0.25, -0.2) is 4.68 Å². The molecule has 2 rings (SSSR count). The third kappa shape index (κ3) is 2.05. The minimum Gasteiger partial charge on any atom is -0.378 e. The van der Waals surface area contributed by atoms with E-state index in [1.807, 2.05) is 4.68 Å². The lowest BCUT2D eigenvalue weighted by molar-refractivity contribution is 0.110. The summed E-state index contributed by atoms with van der Waals surface area (Å²) in [6.45, 7) is 7.47. The second kappa shape index (κ2) is 4.32. The number of ether oxygens (including phenoxy) is 1. The highest BCUT2D eigenvalue weighted by atomic mass is 32.1. The molecule has 1 fully saturated rings. The van der Waals surface area contributed by atoms with Crippen molar-refractivity contribution < 1.29 is 4.74 Å². The Morgan fingerprint density at radius 3 is 2.67 bits per heavy atom. The van der Waals surface area contributed by atoms with Crippen LogP contribution in [0.2, 0.25) is 0 Å². The largest absolute Gasteiger partial charge is 0.378 e. The third-order valence-corrected chi connectivity index (χ3v) is 2.73. The molecule has 1 aliphatic heterocycles. The number of rotatable bonds is 2. The Kier molecular flexibility index (Phi) is 3.06. The normalized spacial score (nSPS) is 17.4. The molecule has 6 heteroatoms. The minimum atomic E-state index is 0.362. The van der Waals surface area contributed by atoms with Gasteiger partial charge in [0.2, 0.25) is 4.77 Å².